The summed E-state index contributed by atoms with van der Waals surface area (Å²) < 4.78 is 5.43. The molecule has 116 valence electrons. The lowest BCUT2D eigenvalue weighted by atomic mass is 10.2. The number of aryl methyl sites for hydroxylation is 1. The van der Waals surface area contributed by atoms with E-state index in [0.717, 1.165) is 43.3 Å². The first-order valence-corrected chi connectivity index (χ1v) is 7.64. The number of methoxy groups -OCH3 is 1. The summed E-state index contributed by atoms with van der Waals surface area (Å²) >= 11 is 0. The molecule has 1 fully saturated rings. The highest BCUT2D eigenvalue weighted by Crippen LogP contribution is 2.22. The van der Waals surface area contributed by atoms with Gasteiger partial charge >= 0.3 is 0 Å². The molecule has 5 nitrogen and oxygen atoms in total. The summed E-state index contributed by atoms with van der Waals surface area (Å²) in [6, 6.07) is 10.6. The van der Waals surface area contributed by atoms with Crippen molar-refractivity contribution < 1.29 is 4.74 Å². The average Bonchev–Trinajstić information content (AvgIpc) is 2.95. The summed E-state index contributed by atoms with van der Waals surface area (Å²) in [5, 5.41) is 3.50. The largest absolute Gasteiger partial charge is 0.496 e. The van der Waals surface area contributed by atoms with Crippen LogP contribution in [-0.2, 0) is 6.54 Å². The van der Waals surface area contributed by atoms with E-state index in [2.05, 4.69) is 32.3 Å². The number of ether oxygens (including phenoxy) is 1. The molecule has 1 N–H and O–H groups in total. The quantitative estimate of drug-likeness (QED) is 0.919. The number of anilines is 1. The molecule has 1 aromatic heterocycles. The van der Waals surface area contributed by atoms with Gasteiger partial charge in [-0.2, -0.15) is 0 Å². The second-order valence-corrected chi connectivity index (χ2v) is 5.72. The molecule has 1 aliphatic rings. The van der Waals surface area contributed by atoms with Crippen LogP contribution in [0, 0.1) is 6.92 Å². The van der Waals surface area contributed by atoms with E-state index in [1.165, 1.54) is 5.56 Å². The predicted molar refractivity (Wildman–Crippen MR) is 87.1 cm³/mol. The summed E-state index contributed by atoms with van der Waals surface area (Å²) in [5.74, 6) is 1.88. The van der Waals surface area contributed by atoms with Crippen LogP contribution >= 0.6 is 0 Å². The molecule has 1 saturated heterocycles. The van der Waals surface area contributed by atoms with E-state index in [1.807, 2.05) is 25.1 Å². The molecule has 1 aromatic carbocycles. The lowest BCUT2D eigenvalue weighted by Crippen LogP contribution is -2.26. The third-order valence-corrected chi connectivity index (χ3v) is 4.01. The fourth-order valence-electron chi connectivity index (χ4n) is 2.91. The minimum absolute atomic E-state index is 0.434. The maximum atomic E-state index is 5.43. The molecule has 0 amide bonds. The Morgan fingerprint density at radius 3 is 3.00 bits per heavy atom. The van der Waals surface area contributed by atoms with Gasteiger partial charge in [-0.25, -0.2) is 9.97 Å². The molecule has 2 heterocycles. The summed E-state index contributed by atoms with van der Waals surface area (Å²) in [6.45, 7) is 5.00. The second-order valence-electron chi connectivity index (χ2n) is 5.72. The smallest absolute Gasteiger partial charge is 0.129 e. The zero-order valence-electron chi connectivity index (χ0n) is 13.1. The fraction of sp³-hybridized carbons (Fsp3) is 0.412. The maximum Gasteiger partial charge on any atom is 0.129 e. The Hall–Kier alpha value is -2.14. The molecule has 1 aliphatic heterocycles. The molecule has 1 unspecified atom stereocenters. The lowest BCUT2D eigenvalue weighted by Gasteiger charge is -2.18. The monoisotopic (exact) mass is 298 g/mol. The second kappa shape index (κ2) is 6.75. The number of likely N-dealkylation sites (tertiary alicyclic amines) is 1. The topological polar surface area (TPSA) is 50.3 Å². The van der Waals surface area contributed by atoms with Crippen molar-refractivity contribution in [2.75, 3.05) is 25.5 Å². The first-order chi connectivity index (χ1) is 10.7. The van der Waals surface area contributed by atoms with E-state index >= 15 is 0 Å². The number of hydrogen-bond acceptors (Lipinski definition) is 5. The van der Waals surface area contributed by atoms with E-state index in [9.17, 15) is 0 Å². The van der Waals surface area contributed by atoms with Crippen molar-refractivity contribution in [3.8, 4) is 5.75 Å². The van der Waals surface area contributed by atoms with Crippen molar-refractivity contribution in [3.63, 3.8) is 0 Å². The minimum Gasteiger partial charge on any atom is -0.496 e. The zero-order chi connectivity index (χ0) is 15.4. The third-order valence-electron chi connectivity index (χ3n) is 4.01. The molecule has 1 atom stereocenters. The van der Waals surface area contributed by atoms with Gasteiger partial charge in [0.15, 0.2) is 0 Å². The number of nitrogens with one attached hydrogen (secondary N) is 1. The van der Waals surface area contributed by atoms with Crippen LogP contribution in [0.2, 0.25) is 0 Å². The Bertz CT molecular complexity index is 632. The lowest BCUT2D eigenvalue weighted by molar-refractivity contribution is 0.318. The Labute approximate surface area is 131 Å². The molecule has 3 rings (SSSR count). The van der Waals surface area contributed by atoms with E-state index in [-0.39, 0.29) is 0 Å². The molecule has 0 aliphatic carbocycles. The molecule has 0 bridgehead atoms. The van der Waals surface area contributed by atoms with Gasteiger partial charge in [0.1, 0.15) is 17.9 Å². The van der Waals surface area contributed by atoms with Crippen LogP contribution in [0.3, 0.4) is 0 Å². The minimum atomic E-state index is 0.434. The Morgan fingerprint density at radius 2 is 2.18 bits per heavy atom. The predicted octanol–water partition coefficient (Wildman–Crippen LogP) is 2.48. The highest BCUT2D eigenvalue weighted by atomic mass is 16.5. The zero-order valence-corrected chi connectivity index (χ0v) is 13.1. The van der Waals surface area contributed by atoms with Gasteiger partial charge in [-0.05, 0) is 19.4 Å². The molecular formula is C17H22N4O. The molecule has 0 spiro atoms. The van der Waals surface area contributed by atoms with Crippen molar-refractivity contribution >= 4 is 5.82 Å². The summed E-state index contributed by atoms with van der Waals surface area (Å²) in [4.78, 5) is 10.9. The molecule has 2 aromatic rings. The van der Waals surface area contributed by atoms with E-state index in [1.54, 1.807) is 13.4 Å². The van der Waals surface area contributed by atoms with Crippen LogP contribution in [0.25, 0.3) is 0 Å². The van der Waals surface area contributed by atoms with Gasteiger partial charge < -0.3 is 10.1 Å². The van der Waals surface area contributed by atoms with E-state index in [4.69, 9.17) is 4.74 Å². The van der Waals surface area contributed by atoms with Crippen molar-refractivity contribution in [1.82, 2.24) is 14.9 Å². The third kappa shape index (κ3) is 3.54. The molecule has 22 heavy (non-hydrogen) atoms. The van der Waals surface area contributed by atoms with Crippen LogP contribution in [0.5, 0.6) is 5.75 Å². The molecule has 0 radical (unpaired) electrons. The van der Waals surface area contributed by atoms with Gasteiger partial charge in [-0.3, -0.25) is 4.90 Å². The molecular weight excluding hydrogens is 276 g/mol. The van der Waals surface area contributed by atoms with Crippen molar-refractivity contribution in [1.29, 1.82) is 0 Å². The number of hydrogen-bond donors (Lipinski definition) is 1. The van der Waals surface area contributed by atoms with Crippen LogP contribution in [-0.4, -0.2) is 41.1 Å². The number of para-hydroxylation sites is 1. The van der Waals surface area contributed by atoms with Gasteiger partial charge in [0.25, 0.3) is 0 Å². The number of benzene rings is 1. The first-order valence-electron chi connectivity index (χ1n) is 7.64. The number of nitrogens with zero attached hydrogens (tertiary/aromatic N) is 3. The molecule has 0 saturated carbocycles. The summed E-state index contributed by atoms with van der Waals surface area (Å²) in [6.07, 6.45) is 2.73. The Kier molecular flexibility index (Phi) is 4.53. The van der Waals surface area contributed by atoms with E-state index < -0.39 is 0 Å². The normalized spacial score (nSPS) is 18.4. The van der Waals surface area contributed by atoms with Crippen LogP contribution in [0.4, 0.5) is 5.82 Å². The van der Waals surface area contributed by atoms with Crippen LogP contribution < -0.4 is 10.1 Å². The summed E-state index contributed by atoms with van der Waals surface area (Å²) in [5.41, 5.74) is 2.23. The Balaban J connectivity index is 1.58. The van der Waals surface area contributed by atoms with Crippen molar-refractivity contribution in [2.24, 2.45) is 0 Å². The van der Waals surface area contributed by atoms with Gasteiger partial charge in [0.05, 0.1) is 7.11 Å². The van der Waals surface area contributed by atoms with Gasteiger partial charge in [-0.1, -0.05) is 18.2 Å². The number of aromatic nitrogens is 2. The highest BCUT2D eigenvalue weighted by Gasteiger charge is 2.23. The first kappa shape index (κ1) is 14.8. The van der Waals surface area contributed by atoms with Crippen molar-refractivity contribution in [3.05, 3.63) is 47.9 Å². The molecule has 5 heteroatoms. The maximum absolute atomic E-state index is 5.43. The summed E-state index contributed by atoms with van der Waals surface area (Å²) in [7, 11) is 1.73. The standard InChI is InChI=1S/C17H22N4O/c1-13-9-17(19-12-18-13)20-15-7-8-21(11-15)10-14-5-3-4-6-16(14)22-2/h3-6,9,12,15H,7-8,10-11H2,1-2H3,(H,18,19,20). The van der Waals surface area contributed by atoms with Gasteiger partial charge in [-0.15, -0.1) is 0 Å². The average molecular weight is 298 g/mol. The highest BCUT2D eigenvalue weighted by molar-refractivity contribution is 5.36. The van der Waals surface area contributed by atoms with Crippen LogP contribution in [0.1, 0.15) is 17.7 Å². The van der Waals surface area contributed by atoms with Crippen LogP contribution in [0.15, 0.2) is 36.7 Å². The SMILES string of the molecule is COc1ccccc1CN1CCC(Nc2cc(C)ncn2)C1. The van der Waals surface area contributed by atoms with Gasteiger partial charge in [0, 0.05) is 43.0 Å². The van der Waals surface area contributed by atoms with Gasteiger partial charge in [0.2, 0.25) is 0 Å². The van der Waals surface area contributed by atoms with E-state index in [0.29, 0.717) is 6.04 Å². The number of rotatable bonds is 5. The van der Waals surface area contributed by atoms with Crippen molar-refractivity contribution in [2.45, 2.75) is 25.9 Å². The Morgan fingerprint density at radius 1 is 1.32 bits per heavy atom. The fourth-order valence-corrected chi connectivity index (χ4v) is 2.91.